The second-order valence-electron chi connectivity index (χ2n) is 2.57. The highest BCUT2D eigenvalue weighted by molar-refractivity contribution is 5.92. The Bertz CT molecular complexity index is 273. The van der Waals surface area contributed by atoms with Crippen molar-refractivity contribution in [3.63, 3.8) is 0 Å². The summed E-state index contributed by atoms with van der Waals surface area (Å²) in [7, 11) is 0. The highest BCUT2D eigenvalue weighted by atomic mass is 16.4. The zero-order chi connectivity index (χ0) is 11.1. The van der Waals surface area contributed by atoms with Crippen molar-refractivity contribution in [1.82, 2.24) is 5.32 Å². The third-order valence-corrected chi connectivity index (χ3v) is 1.34. The second-order valence-corrected chi connectivity index (χ2v) is 2.57. The predicted octanol–water partition coefficient (Wildman–Crippen LogP) is -0.993. The first kappa shape index (κ1) is 12.2. The summed E-state index contributed by atoms with van der Waals surface area (Å²) in [6.45, 7) is 1.61. The third kappa shape index (κ3) is 4.91. The van der Waals surface area contributed by atoms with Crippen molar-refractivity contribution in [2.24, 2.45) is 5.73 Å². The van der Waals surface area contributed by atoms with Gasteiger partial charge in [0.2, 0.25) is 11.8 Å². The van der Waals surface area contributed by atoms with E-state index in [1.807, 2.05) is 0 Å². The zero-order valence-corrected chi connectivity index (χ0v) is 7.69. The largest absolute Gasteiger partial charge is 0.480 e. The van der Waals surface area contributed by atoms with E-state index in [1.165, 1.54) is 6.08 Å². The van der Waals surface area contributed by atoms with Gasteiger partial charge in [0.25, 0.3) is 0 Å². The Hall–Kier alpha value is -1.85. The maximum Gasteiger partial charge on any atom is 0.326 e. The Morgan fingerprint density at radius 2 is 2.07 bits per heavy atom. The minimum absolute atomic E-state index is 0.418. The molecule has 0 heterocycles. The van der Waals surface area contributed by atoms with Crippen molar-refractivity contribution >= 4 is 17.8 Å². The Kier molecular flexibility index (Phi) is 4.98. The van der Waals surface area contributed by atoms with Crippen LogP contribution in [-0.4, -0.2) is 28.9 Å². The lowest BCUT2D eigenvalue weighted by molar-refractivity contribution is -0.142. The molecule has 0 aliphatic rings. The van der Waals surface area contributed by atoms with E-state index in [2.05, 4.69) is 5.32 Å². The molecule has 4 N–H and O–H groups in total. The number of primary amides is 1. The Morgan fingerprint density at radius 1 is 1.50 bits per heavy atom. The predicted molar refractivity (Wildman–Crippen MR) is 48.2 cm³/mol. The smallest absolute Gasteiger partial charge is 0.326 e. The van der Waals surface area contributed by atoms with Crippen LogP contribution in [0.3, 0.4) is 0 Å². The molecule has 0 aromatic carbocycles. The number of hydrogen-bond donors (Lipinski definition) is 3. The van der Waals surface area contributed by atoms with Gasteiger partial charge in [-0.1, -0.05) is 6.08 Å². The minimum Gasteiger partial charge on any atom is -0.480 e. The Labute approximate surface area is 80.8 Å². The van der Waals surface area contributed by atoms with Crippen molar-refractivity contribution < 1.29 is 19.5 Å². The Balaban J connectivity index is 4.30. The van der Waals surface area contributed by atoms with E-state index in [0.717, 1.165) is 6.08 Å². The van der Waals surface area contributed by atoms with Crippen molar-refractivity contribution in [3.8, 4) is 0 Å². The topological polar surface area (TPSA) is 109 Å². The van der Waals surface area contributed by atoms with Gasteiger partial charge >= 0.3 is 5.97 Å². The zero-order valence-electron chi connectivity index (χ0n) is 7.69. The van der Waals surface area contributed by atoms with Crippen molar-refractivity contribution in [1.29, 1.82) is 0 Å². The van der Waals surface area contributed by atoms with E-state index in [9.17, 15) is 14.4 Å². The Morgan fingerprint density at radius 3 is 2.43 bits per heavy atom. The fourth-order valence-corrected chi connectivity index (χ4v) is 0.772. The molecule has 0 unspecified atom stereocenters. The van der Waals surface area contributed by atoms with Gasteiger partial charge in [-0.15, -0.1) is 0 Å². The molecule has 0 aromatic rings. The average Bonchev–Trinajstić information content (AvgIpc) is 2.02. The second kappa shape index (κ2) is 5.74. The summed E-state index contributed by atoms with van der Waals surface area (Å²) in [6.07, 6.45) is 2.20. The summed E-state index contributed by atoms with van der Waals surface area (Å²) < 4.78 is 0. The summed E-state index contributed by atoms with van der Waals surface area (Å²) in [5.74, 6) is -2.64. The minimum atomic E-state index is -1.29. The lowest BCUT2D eigenvalue weighted by Crippen LogP contribution is -2.42. The number of allylic oxidation sites excluding steroid dienone is 1. The van der Waals surface area contributed by atoms with Gasteiger partial charge in [0.1, 0.15) is 6.04 Å². The number of carbonyl (C=O) groups excluding carboxylic acids is 2. The van der Waals surface area contributed by atoms with Crippen LogP contribution in [-0.2, 0) is 14.4 Å². The fourth-order valence-electron chi connectivity index (χ4n) is 0.772. The van der Waals surface area contributed by atoms with Gasteiger partial charge in [0.15, 0.2) is 0 Å². The molecule has 0 aromatic heterocycles. The molecule has 0 saturated carbocycles. The molecule has 6 heteroatoms. The van der Waals surface area contributed by atoms with Gasteiger partial charge < -0.3 is 16.2 Å². The number of carbonyl (C=O) groups is 3. The molecule has 1 atom stereocenters. The summed E-state index contributed by atoms with van der Waals surface area (Å²) in [5, 5.41) is 10.7. The van der Waals surface area contributed by atoms with Crippen molar-refractivity contribution in [2.75, 3.05) is 0 Å². The summed E-state index contributed by atoms with van der Waals surface area (Å²) in [4.78, 5) is 31.9. The van der Waals surface area contributed by atoms with Crippen LogP contribution in [0.25, 0.3) is 0 Å². The maximum atomic E-state index is 10.9. The molecule has 14 heavy (non-hydrogen) atoms. The number of carboxylic acid groups (broad SMARTS) is 1. The van der Waals surface area contributed by atoms with Gasteiger partial charge in [-0.25, -0.2) is 4.79 Å². The molecule has 0 spiro atoms. The van der Waals surface area contributed by atoms with E-state index in [4.69, 9.17) is 10.8 Å². The summed E-state index contributed by atoms with van der Waals surface area (Å²) >= 11 is 0. The lowest BCUT2D eigenvalue weighted by Gasteiger charge is -2.10. The van der Waals surface area contributed by atoms with Crippen LogP contribution in [0.1, 0.15) is 13.3 Å². The molecular formula is C8H12N2O4. The normalized spacial score (nSPS) is 12.4. The molecule has 0 fully saturated rings. The highest BCUT2D eigenvalue weighted by Gasteiger charge is 2.20. The van der Waals surface area contributed by atoms with Crippen LogP contribution >= 0.6 is 0 Å². The SMILES string of the molecule is C/C=C/C(=O)N[C@H](CC(N)=O)C(=O)O. The quantitative estimate of drug-likeness (QED) is 0.495. The van der Waals surface area contributed by atoms with E-state index in [-0.39, 0.29) is 0 Å². The van der Waals surface area contributed by atoms with Crippen LogP contribution in [0.15, 0.2) is 12.2 Å². The molecule has 0 aliphatic heterocycles. The number of amides is 2. The first-order valence-electron chi connectivity index (χ1n) is 3.91. The highest BCUT2D eigenvalue weighted by Crippen LogP contribution is 1.91. The molecule has 0 aliphatic carbocycles. The van der Waals surface area contributed by atoms with Crippen LogP contribution in [0.2, 0.25) is 0 Å². The van der Waals surface area contributed by atoms with Crippen molar-refractivity contribution in [3.05, 3.63) is 12.2 Å². The molecular weight excluding hydrogens is 188 g/mol. The van der Waals surface area contributed by atoms with Crippen molar-refractivity contribution in [2.45, 2.75) is 19.4 Å². The summed E-state index contributed by atoms with van der Waals surface area (Å²) in [6, 6.07) is -1.27. The van der Waals surface area contributed by atoms with Crippen LogP contribution in [0, 0.1) is 0 Å². The number of carboxylic acids is 1. The maximum absolute atomic E-state index is 10.9. The first-order valence-corrected chi connectivity index (χ1v) is 3.91. The van der Waals surface area contributed by atoms with Crippen LogP contribution in [0.5, 0.6) is 0 Å². The number of aliphatic carboxylic acids is 1. The van der Waals surface area contributed by atoms with Gasteiger partial charge in [-0.05, 0) is 13.0 Å². The number of nitrogens with one attached hydrogen (secondary N) is 1. The third-order valence-electron chi connectivity index (χ3n) is 1.34. The number of rotatable bonds is 5. The molecule has 6 nitrogen and oxygen atoms in total. The standard InChI is InChI=1S/C8H12N2O4/c1-2-3-7(12)10-5(8(13)14)4-6(9)11/h2-3,5H,4H2,1H3,(H2,9,11)(H,10,12)(H,13,14)/b3-2+/t5-/m1/s1. The average molecular weight is 200 g/mol. The van der Waals surface area contributed by atoms with Gasteiger partial charge in [-0.2, -0.15) is 0 Å². The molecule has 0 saturated heterocycles. The molecule has 2 amide bonds. The van der Waals surface area contributed by atoms with E-state index in [1.54, 1.807) is 6.92 Å². The van der Waals surface area contributed by atoms with Crippen LogP contribution in [0.4, 0.5) is 0 Å². The monoisotopic (exact) mass is 200 g/mol. The van der Waals surface area contributed by atoms with Gasteiger partial charge in [-0.3, -0.25) is 9.59 Å². The molecule has 78 valence electrons. The van der Waals surface area contributed by atoms with Crippen LogP contribution < -0.4 is 11.1 Å². The molecule has 0 bridgehead atoms. The molecule has 0 radical (unpaired) electrons. The van der Waals surface area contributed by atoms with E-state index in [0.29, 0.717) is 0 Å². The number of nitrogens with two attached hydrogens (primary N) is 1. The van der Waals surface area contributed by atoms with Gasteiger partial charge in [0.05, 0.1) is 6.42 Å². The first-order chi connectivity index (χ1) is 6.47. The molecule has 0 rings (SSSR count). The van der Waals surface area contributed by atoms with E-state index >= 15 is 0 Å². The number of hydrogen-bond acceptors (Lipinski definition) is 3. The van der Waals surface area contributed by atoms with E-state index < -0.39 is 30.2 Å². The lowest BCUT2D eigenvalue weighted by atomic mass is 10.2. The van der Waals surface area contributed by atoms with Gasteiger partial charge in [0, 0.05) is 0 Å². The fraction of sp³-hybridized carbons (Fsp3) is 0.375. The summed E-state index contributed by atoms with van der Waals surface area (Å²) in [5.41, 5.74) is 4.81.